The van der Waals surface area contributed by atoms with E-state index in [4.69, 9.17) is 0 Å². The molecule has 3 N–H and O–H groups in total. The average molecular weight is 334 g/mol. The summed E-state index contributed by atoms with van der Waals surface area (Å²) in [5, 5.41) is 20.3. The Morgan fingerprint density at radius 2 is 2.08 bits per heavy atom. The molecule has 0 saturated heterocycles. The molecule has 0 radical (unpaired) electrons. The van der Waals surface area contributed by atoms with Crippen molar-refractivity contribution in [3.8, 4) is 0 Å². The second-order valence-electron chi connectivity index (χ2n) is 7.08. The standard InChI is InChI=1S/C19H27FN2O2/c1-19(2,24)9-8-15(18-21-10-11-22-18)13-17(23)7-6-14-4-3-5-16(20)12-14/h3-5,10-12,15,17,23-24H,6-9,13H2,1-2H3,(H,21,22). The van der Waals surface area contributed by atoms with Gasteiger partial charge in [-0.15, -0.1) is 0 Å². The number of aromatic amines is 1. The number of aromatic nitrogens is 2. The quantitative estimate of drug-likeness (QED) is 0.657. The zero-order valence-electron chi connectivity index (χ0n) is 14.4. The highest BCUT2D eigenvalue weighted by molar-refractivity contribution is 5.16. The molecular weight excluding hydrogens is 307 g/mol. The van der Waals surface area contributed by atoms with Gasteiger partial charge in [0.05, 0.1) is 11.7 Å². The van der Waals surface area contributed by atoms with Gasteiger partial charge in [-0.2, -0.15) is 0 Å². The van der Waals surface area contributed by atoms with Gasteiger partial charge in [0.25, 0.3) is 0 Å². The maximum atomic E-state index is 13.2. The highest BCUT2D eigenvalue weighted by Gasteiger charge is 2.22. The zero-order valence-corrected chi connectivity index (χ0v) is 14.4. The summed E-state index contributed by atoms with van der Waals surface area (Å²) < 4.78 is 13.2. The fourth-order valence-electron chi connectivity index (χ4n) is 2.87. The maximum Gasteiger partial charge on any atom is 0.123 e. The van der Waals surface area contributed by atoms with Crippen molar-refractivity contribution in [2.45, 2.75) is 63.6 Å². The number of H-pyrrole nitrogens is 1. The van der Waals surface area contributed by atoms with Crippen LogP contribution in [-0.2, 0) is 6.42 Å². The fraction of sp³-hybridized carbons (Fsp3) is 0.526. The first-order valence-electron chi connectivity index (χ1n) is 8.47. The Balaban J connectivity index is 1.90. The Hall–Kier alpha value is -1.72. The third kappa shape index (κ3) is 6.42. The van der Waals surface area contributed by atoms with Crippen LogP contribution in [0.25, 0.3) is 0 Å². The third-order valence-corrected chi connectivity index (χ3v) is 4.22. The summed E-state index contributed by atoms with van der Waals surface area (Å²) in [6, 6.07) is 6.48. The van der Waals surface area contributed by atoms with Gasteiger partial charge in [0, 0.05) is 18.3 Å². The molecule has 4 nitrogen and oxygen atoms in total. The van der Waals surface area contributed by atoms with E-state index in [1.54, 1.807) is 32.3 Å². The van der Waals surface area contributed by atoms with E-state index < -0.39 is 11.7 Å². The van der Waals surface area contributed by atoms with Gasteiger partial charge in [0.15, 0.2) is 0 Å². The topological polar surface area (TPSA) is 69.1 Å². The van der Waals surface area contributed by atoms with Gasteiger partial charge in [-0.3, -0.25) is 0 Å². The fourth-order valence-corrected chi connectivity index (χ4v) is 2.87. The van der Waals surface area contributed by atoms with Gasteiger partial charge < -0.3 is 15.2 Å². The van der Waals surface area contributed by atoms with Crippen LogP contribution in [0.2, 0.25) is 0 Å². The molecule has 0 aliphatic heterocycles. The van der Waals surface area contributed by atoms with Crippen molar-refractivity contribution in [2.24, 2.45) is 0 Å². The molecule has 5 heteroatoms. The van der Waals surface area contributed by atoms with Crippen LogP contribution >= 0.6 is 0 Å². The van der Waals surface area contributed by atoms with E-state index in [1.165, 1.54) is 12.1 Å². The van der Waals surface area contributed by atoms with E-state index in [0.717, 1.165) is 17.8 Å². The Morgan fingerprint density at radius 1 is 1.29 bits per heavy atom. The molecule has 2 atom stereocenters. The number of nitrogens with one attached hydrogen (secondary N) is 1. The summed E-state index contributed by atoms with van der Waals surface area (Å²) in [7, 11) is 0. The number of aliphatic hydroxyl groups excluding tert-OH is 1. The van der Waals surface area contributed by atoms with Crippen LogP contribution in [0.15, 0.2) is 36.7 Å². The van der Waals surface area contributed by atoms with Crippen LogP contribution < -0.4 is 0 Å². The van der Waals surface area contributed by atoms with Crippen LogP contribution in [0.5, 0.6) is 0 Å². The number of aryl methyl sites for hydroxylation is 1. The average Bonchev–Trinajstić information content (AvgIpc) is 3.03. The van der Waals surface area contributed by atoms with Gasteiger partial charge in [0.1, 0.15) is 11.6 Å². The van der Waals surface area contributed by atoms with Crippen molar-refractivity contribution in [1.29, 1.82) is 0 Å². The molecule has 0 fully saturated rings. The van der Waals surface area contributed by atoms with E-state index in [-0.39, 0.29) is 11.7 Å². The minimum atomic E-state index is -0.739. The van der Waals surface area contributed by atoms with Crippen LogP contribution in [0, 0.1) is 5.82 Å². The highest BCUT2D eigenvalue weighted by atomic mass is 19.1. The zero-order chi connectivity index (χ0) is 17.6. The predicted molar refractivity (Wildman–Crippen MR) is 92.2 cm³/mol. The normalized spacial score (nSPS) is 14.5. The molecular formula is C19H27FN2O2. The van der Waals surface area contributed by atoms with Crippen molar-refractivity contribution in [2.75, 3.05) is 0 Å². The van der Waals surface area contributed by atoms with Crippen LogP contribution in [0.3, 0.4) is 0 Å². The number of aliphatic hydroxyl groups is 2. The van der Waals surface area contributed by atoms with Crippen molar-refractivity contribution in [3.63, 3.8) is 0 Å². The summed E-state index contributed by atoms with van der Waals surface area (Å²) in [6.45, 7) is 3.57. The first-order chi connectivity index (χ1) is 11.3. The molecule has 0 bridgehead atoms. The van der Waals surface area contributed by atoms with Gasteiger partial charge in [-0.05, 0) is 63.6 Å². The van der Waals surface area contributed by atoms with E-state index in [0.29, 0.717) is 25.7 Å². The first-order valence-corrected chi connectivity index (χ1v) is 8.47. The minimum absolute atomic E-state index is 0.0638. The smallest absolute Gasteiger partial charge is 0.123 e. The van der Waals surface area contributed by atoms with Crippen molar-refractivity contribution >= 4 is 0 Å². The number of rotatable bonds is 9. The summed E-state index contributed by atoms with van der Waals surface area (Å²) >= 11 is 0. The van der Waals surface area contributed by atoms with Crippen molar-refractivity contribution < 1.29 is 14.6 Å². The summed E-state index contributed by atoms with van der Waals surface area (Å²) in [6.07, 6.45) is 6.13. The van der Waals surface area contributed by atoms with Gasteiger partial charge in [-0.25, -0.2) is 9.37 Å². The summed E-state index contributed by atoms with van der Waals surface area (Å²) in [5.74, 6) is 0.651. The lowest BCUT2D eigenvalue weighted by atomic mass is 9.89. The lowest BCUT2D eigenvalue weighted by Crippen LogP contribution is -2.21. The molecule has 132 valence electrons. The molecule has 0 saturated carbocycles. The SMILES string of the molecule is CC(C)(O)CCC(CC(O)CCc1cccc(F)c1)c1ncc[nH]1. The largest absolute Gasteiger partial charge is 0.393 e. The van der Waals surface area contributed by atoms with Crippen LogP contribution in [-0.4, -0.2) is 31.9 Å². The maximum absolute atomic E-state index is 13.2. The van der Waals surface area contributed by atoms with Crippen LogP contribution in [0.4, 0.5) is 4.39 Å². The van der Waals surface area contributed by atoms with E-state index in [9.17, 15) is 14.6 Å². The predicted octanol–water partition coefficient (Wildman–Crippen LogP) is 3.57. The highest BCUT2D eigenvalue weighted by Crippen LogP contribution is 2.28. The lowest BCUT2D eigenvalue weighted by molar-refractivity contribution is 0.0626. The number of halogens is 1. The lowest BCUT2D eigenvalue weighted by Gasteiger charge is -2.23. The molecule has 0 aliphatic carbocycles. The second-order valence-corrected chi connectivity index (χ2v) is 7.08. The Labute approximate surface area is 142 Å². The molecule has 1 heterocycles. The number of benzene rings is 1. The Bertz CT molecular complexity index is 608. The second kappa shape index (κ2) is 8.40. The van der Waals surface area contributed by atoms with E-state index in [2.05, 4.69) is 9.97 Å². The van der Waals surface area contributed by atoms with Gasteiger partial charge in [0.2, 0.25) is 0 Å². The van der Waals surface area contributed by atoms with Crippen LogP contribution in [0.1, 0.15) is 56.8 Å². The minimum Gasteiger partial charge on any atom is -0.393 e. The van der Waals surface area contributed by atoms with Crippen molar-refractivity contribution in [3.05, 3.63) is 53.9 Å². The Kier molecular flexibility index (Phi) is 6.52. The van der Waals surface area contributed by atoms with Gasteiger partial charge in [-0.1, -0.05) is 12.1 Å². The molecule has 1 aromatic heterocycles. The van der Waals surface area contributed by atoms with E-state index in [1.807, 2.05) is 6.07 Å². The molecule has 1 aromatic carbocycles. The molecule has 2 aromatic rings. The molecule has 2 unspecified atom stereocenters. The number of imidazole rings is 1. The van der Waals surface area contributed by atoms with E-state index >= 15 is 0 Å². The summed E-state index contributed by atoms with van der Waals surface area (Å²) in [4.78, 5) is 7.41. The number of nitrogens with zero attached hydrogens (tertiary/aromatic N) is 1. The van der Waals surface area contributed by atoms with Gasteiger partial charge >= 0.3 is 0 Å². The molecule has 0 aliphatic rings. The summed E-state index contributed by atoms with van der Waals surface area (Å²) in [5.41, 5.74) is 0.150. The molecule has 2 rings (SSSR count). The monoisotopic (exact) mass is 334 g/mol. The first kappa shape index (κ1) is 18.6. The molecule has 0 spiro atoms. The third-order valence-electron chi connectivity index (χ3n) is 4.22. The molecule has 24 heavy (non-hydrogen) atoms. The van der Waals surface area contributed by atoms with Crippen molar-refractivity contribution in [1.82, 2.24) is 9.97 Å². The number of hydrogen-bond donors (Lipinski definition) is 3. The molecule has 0 amide bonds. The Morgan fingerprint density at radius 3 is 2.71 bits per heavy atom. The number of hydrogen-bond acceptors (Lipinski definition) is 3.